The molecule has 0 unspecified atom stereocenters. The normalized spacial score (nSPS) is 10.0. The molecule has 5 heteroatoms. The van der Waals surface area contributed by atoms with Crippen LogP contribution in [0.4, 0.5) is 5.69 Å². The van der Waals surface area contributed by atoms with Crippen LogP contribution in [0.15, 0.2) is 66.4 Å². The number of nitrogens with zero attached hydrogens (tertiary/aromatic N) is 1. The van der Waals surface area contributed by atoms with Crippen molar-refractivity contribution < 1.29 is 4.79 Å². The van der Waals surface area contributed by atoms with Crippen molar-refractivity contribution in [3.8, 4) is 11.3 Å². The SMILES string of the molecule is C=C(Cl)C(=C)C(=O)Nc1ccc(Cl)c(-c2ccccn2)c1. The first-order chi connectivity index (χ1) is 9.99. The number of carbonyl (C=O) groups is 1. The molecule has 0 saturated heterocycles. The Labute approximate surface area is 132 Å². The van der Waals surface area contributed by atoms with E-state index in [1.54, 1.807) is 24.4 Å². The number of hydrogen-bond acceptors (Lipinski definition) is 2. The quantitative estimate of drug-likeness (QED) is 0.658. The van der Waals surface area contributed by atoms with E-state index in [9.17, 15) is 4.79 Å². The Morgan fingerprint density at radius 2 is 1.95 bits per heavy atom. The van der Waals surface area contributed by atoms with Crippen LogP contribution in [0.3, 0.4) is 0 Å². The Morgan fingerprint density at radius 3 is 2.57 bits per heavy atom. The second kappa shape index (κ2) is 6.57. The van der Waals surface area contributed by atoms with Gasteiger partial charge in [-0.05, 0) is 30.3 Å². The highest BCUT2D eigenvalue weighted by molar-refractivity contribution is 6.35. The lowest BCUT2D eigenvalue weighted by Crippen LogP contribution is -2.13. The molecule has 0 saturated carbocycles. The molecule has 0 atom stereocenters. The number of anilines is 1. The molecule has 0 bridgehead atoms. The molecule has 2 aromatic rings. The first kappa shape index (κ1) is 15.3. The molecule has 1 aromatic carbocycles. The number of pyridine rings is 1. The summed E-state index contributed by atoms with van der Waals surface area (Å²) in [5.74, 6) is -0.413. The molecule has 0 radical (unpaired) electrons. The molecule has 0 aliphatic carbocycles. The van der Waals surface area contributed by atoms with Crippen molar-refractivity contribution >= 4 is 34.8 Å². The Bertz CT molecular complexity index is 711. The molecule has 0 spiro atoms. The molecule has 0 aliphatic rings. The van der Waals surface area contributed by atoms with E-state index in [1.807, 2.05) is 18.2 Å². The largest absolute Gasteiger partial charge is 0.322 e. The highest BCUT2D eigenvalue weighted by Crippen LogP contribution is 2.29. The first-order valence-electron chi connectivity index (χ1n) is 6.05. The smallest absolute Gasteiger partial charge is 0.256 e. The van der Waals surface area contributed by atoms with E-state index in [2.05, 4.69) is 23.5 Å². The lowest BCUT2D eigenvalue weighted by atomic mass is 10.1. The van der Waals surface area contributed by atoms with Crippen LogP contribution >= 0.6 is 23.2 Å². The summed E-state index contributed by atoms with van der Waals surface area (Å²) in [6.07, 6.45) is 1.68. The molecule has 3 nitrogen and oxygen atoms in total. The monoisotopic (exact) mass is 318 g/mol. The van der Waals surface area contributed by atoms with E-state index in [1.165, 1.54) is 0 Å². The van der Waals surface area contributed by atoms with Crippen LogP contribution < -0.4 is 5.32 Å². The average molecular weight is 319 g/mol. The summed E-state index contributed by atoms with van der Waals surface area (Å²) in [5, 5.41) is 3.34. The lowest BCUT2D eigenvalue weighted by molar-refractivity contribution is -0.112. The maximum Gasteiger partial charge on any atom is 0.256 e. The number of benzene rings is 1. The fraction of sp³-hybridized carbons (Fsp3) is 0. The van der Waals surface area contributed by atoms with E-state index in [0.29, 0.717) is 10.7 Å². The number of rotatable bonds is 4. The molecule has 0 aliphatic heterocycles. The van der Waals surface area contributed by atoms with Gasteiger partial charge in [-0.2, -0.15) is 0 Å². The summed E-state index contributed by atoms with van der Waals surface area (Å²) in [6, 6.07) is 10.7. The van der Waals surface area contributed by atoms with Gasteiger partial charge in [0.05, 0.1) is 16.3 Å². The molecular formula is C16H12Cl2N2O. The minimum Gasteiger partial charge on any atom is -0.322 e. The van der Waals surface area contributed by atoms with Crippen molar-refractivity contribution in [3.05, 3.63) is 71.4 Å². The van der Waals surface area contributed by atoms with Crippen molar-refractivity contribution in [2.24, 2.45) is 0 Å². The summed E-state index contributed by atoms with van der Waals surface area (Å²) >= 11 is 11.8. The number of carbonyl (C=O) groups excluding carboxylic acids is 1. The average Bonchev–Trinajstić information content (AvgIpc) is 2.49. The Kier molecular flexibility index (Phi) is 4.78. The fourth-order valence-corrected chi connectivity index (χ4v) is 1.95. The van der Waals surface area contributed by atoms with Gasteiger partial charge in [-0.25, -0.2) is 0 Å². The zero-order chi connectivity index (χ0) is 15.4. The van der Waals surface area contributed by atoms with Crippen LogP contribution in [-0.2, 0) is 4.79 Å². The van der Waals surface area contributed by atoms with Gasteiger partial charge in [-0.15, -0.1) is 0 Å². The van der Waals surface area contributed by atoms with Crippen molar-refractivity contribution in [3.63, 3.8) is 0 Å². The summed E-state index contributed by atoms with van der Waals surface area (Å²) in [7, 11) is 0. The molecule has 1 heterocycles. The van der Waals surface area contributed by atoms with Crippen LogP contribution in [0.5, 0.6) is 0 Å². The topological polar surface area (TPSA) is 42.0 Å². The van der Waals surface area contributed by atoms with Crippen molar-refractivity contribution in [2.45, 2.75) is 0 Å². The molecule has 0 fully saturated rings. The fourth-order valence-electron chi connectivity index (χ4n) is 1.65. The summed E-state index contributed by atoms with van der Waals surface area (Å²) in [5.41, 5.74) is 2.14. The maximum atomic E-state index is 11.9. The van der Waals surface area contributed by atoms with Gasteiger partial charge in [-0.1, -0.05) is 42.4 Å². The third kappa shape index (κ3) is 3.72. The van der Waals surface area contributed by atoms with Gasteiger partial charge < -0.3 is 5.32 Å². The number of nitrogens with one attached hydrogen (secondary N) is 1. The minimum atomic E-state index is -0.413. The zero-order valence-corrected chi connectivity index (χ0v) is 12.6. The van der Waals surface area contributed by atoms with E-state index >= 15 is 0 Å². The van der Waals surface area contributed by atoms with Gasteiger partial charge in [0.2, 0.25) is 0 Å². The first-order valence-corrected chi connectivity index (χ1v) is 6.80. The van der Waals surface area contributed by atoms with Gasteiger partial charge in [0, 0.05) is 22.5 Å². The van der Waals surface area contributed by atoms with Crippen LogP contribution in [0.2, 0.25) is 5.02 Å². The number of hydrogen-bond donors (Lipinski definition) is 1. The highest BCUT2D eigenvalue weighted by Gasteiger charge is 2.11. The van der Waals surface area contributed by atoms with Crippen molar-refractivity contribution in [2.75, 3.05) is 5.32 Å². The number of aromatic nitrogens is 1. The predicted molar refractivity (Wildman–Crippen MR) is 87.4 cm³/mol. The molecule has 21 heavy (non-hydrogen) atoms. The van der Waals surface area contributed by atoms with Gasteiger partial charge in [0.25, 0.3) is 5.91 Å². The summed E-state index contributed by atoms with van der Waals surface area (Å²) in [4.78, 5) is 16.1. The molecule has 1 aromatic heterocycles. The second-order valence-electron chi connectivity index (χ2n) is 4.25. The van der Waals surface area contributed by atoms with Crippen molar-refractivity contribution in [1.82, 2.24) is 4.98 Å². The maximum absolute atomic E-state index is 11.9. The Balaban J connectivity index is 2.30. The Hall–Kier alpha value is -2.10. The van der Waals surface area contributed by atoms with Crippen molar-refractivity contribution in [1.29, 1.82) is 0 Å². The van der Waals surface area contributed by atoms with Crippen LogP contribution in [0, 0.1) is 0 Å². The van der Waals surface area contributed by atoms with Gasteiger partial charge in [0.15, 0.2) is 0 Å². The zero-order valence-electron chi connectivity index (χ0n) is 11.1. The molecular weight excluding hydrogens is 307 g/mol. The minimum absolute atomic E-state index is 0.103. The third-order valence-electron chi connectivity index (χ3n) is 2.77. The summed E-state index contributed by atoms with van der Waals surface area (Å²) < 4.78 is 0. The number of halogens is 2. The van der Waals surface area contributed by atoms with E-state index < -0.39 is 5.91 Å². The van der Waals surface area contributed by atoms with Gasteiger partial charge in [-0.3, -0.25) is 9.78 Å². The molecule has 106 valence electrons. The predicted octanol–water partition coefficient (Wildman–Crippen LogP) is 4.65. The third-order valence-corrected chi connectivity index (χ3v) is 3.32. The van der Waals surface area contributed by atoms with Gasteiger partial charge in [0.1, 0.15) is 0 Å². The molecule has 2 rings (SSSR count). The standard InChI is InChI=1S/C16H12Cl2N2O/c1-10(11(2)17)16(21)20-12-6-7-14(18)13(9-12)15-5-3-4-8-19-15/h3-9H,1-2H2,(H,20,21). The lowest BCUT2D eigenvalue weighted by Gasteiger charge is -2.09. The van der Waals surface area contributed by atoms with E-state index in [4.69, 9.17) is 23.2 Å². The Morgan fingerprint density at radius 1 is 1.19 bits per heavy atom. The van der Waals surface area contributed by atoms with E-state index in [-0.39, 0.29) is 10.6 Å². The van der Waals surface area contributed by atoms with Gasteiger partial charge >= 0.3 is 0 Å². The van der Waals surface area contributed by atoms with Crippen LogP contribution in [0.1, 0.15) is 0 Å². The molecule has 1 amide bonds. The summed E-state index contributed by atoms with van der Waals surface area (Å²) in [6.45, 7) is 7.04. The highest BCUT2D eigenvalue weighted by atomic mass is 35.5. The number of amides is 1. The molecule has 1 N–H and O–H groups in total. The second-order valence-corrected chi connectivity index (χ2v) is 5.11. The van der Waals surface area contributed by atoms with E-state index in [0.717, 1.165) is 11.3 Å². The van der Waals surface area contributed by atoms with Crippen LogP contribution in [0.25, 0.3) is 11.3 Å². The van der Waals surface area contributed by atoms with Crippen LogP contribution in [-0.4, -0.2) is 10.9 Å².